The van der Waals surface area contributed by atoms with Crippen molar-refractivity contribution in [2.24, 2.45) is 0 Å². The van der Waals surface area contributed by atoms with Crippen molar-refractivity contribution in [1.82, 2.24) is 24.2 Å². The normalized spacial score (nSPS) is 13.5. The smallest absolute Gasteiger partial charge is 0.290 e. The summed E-state index contributed by atoms with van der Waals surface area (Å²) in [6.07, 6.45) is -4.77. The zero-order valence-electron chi connectivity index (χ0n) is 18.5. The summed E-state index contributed by atoms with van der Waals surface area (Å²) in [6.45, 7) is 0.632. The van der Waals surface area contributed by atoms with E-state index >= 15 is 0 Å². The second-order valence-corrected chi connectivity index (χ2v) is 9.44. The number of rotatable bonds is 5. The molecule has 0 aliphatic heterocycles. The highest BCUT2D eigenvalue weighted by atomic mass is 32.2. The Hall–Kier alpha value is -4.03. The molecule has 1 aromatic carbocycles. The molecule has 8 nitrogen and oxygen atoms in total. The monoisotopic (exact) mass is 540 g/mol. The molecule has 0 saturated carbocycles. The Kier molecular flexibility index (Phi) is 6.42. The van der Waals surface area contributed by atoms with Gasteiger partial charge < -0.3 is 0 Å². The number of nitrogens with one attached hydrogen (secondary N) is 1. The molecule has 1 atom stereocenters. The van der Waals surface area contributed by atoms with Gasteiger partial charge in [-0.2, -0.15) is 36.3 Å². The number of fused-ring (bicyclic) bond motifs is 1. The summed E-state index contributed by atoms with van der Waals surface area (Å²) in [6, 6.07) is 4.36. The number of nitrogens with zero attached hydrogens (tertiary/aromatic N) is 5. The minimum absolute atomic E-state index is 0.0158. The highest BCUT2D eigenvalue weighted by Crippen LogP contribution is 2.38. The maximum Gasteiger partial charge on any atom is 0.416 e. The first-order valence-corrected chi connectivity index (χ1v) is 11.7. The summed E-state index contributed by atoms with van der Waals surface area (Å²) in [5.41, 5.74) is -1.11. The molecule has 0 amide bonds. The zero-order chi connectivity index (χ0) is 27.2. The average Bonchev–Trinajstić information content (AvgIpc) is 3.17. The van der Waals surface area contributed by atoms with Gasteiger partial charge in [-0.05, 0) is 37.3 Å². The fourth-order valence-electron chi connectivity index (χ4n) is 3.51. The first kappa shape index (κ1) is 26.0. The molecule has 4 aromatic rings. The Balaban J connectivity index is 1.91. The molecule has 0 radical (unpaired) electrons. The number of alkyl halides is 6. The van der Waals surface area contributed by atoms with E-state index in [9.17, 15) is 40.0 Å². The summed E-state index contributed by atoms with van der Waals surface area (Å²) in [5.74, 6) is 0.128. The summed E-state index contributed by atoms with van der Waals surface area (Å²) >= 11 is 0. The van der Waals surface area contributed by atoms with Crippen LogP contribution in [0.1, 0.15) is 18.1 Å². The summed E-state index contributed by atoms with van der Waals surface area (Å²) in [4.78, 5) is 11.5. The Labute approximate surface area is 205 Å². The van der Waals surface area contributed by atoms with Crippen LogP contribution in [0.3, 0.4) is 0 Å². The number of hydrogen-bond acceptors (Lipinski definition) is 6. The van der Waals surface area contributed by atoms with E-state index in [0.29, 0.717) is 6.92 Å². The summed E-state index contributed by atoms with van der Waals surface area (Å²) in [5, 5.41) is 9.80. The molecule has 0 fully saturated rings. The van der Waals surface area contributed by atoms with E-state index in [1.807, 2.05) is 6.07 Å². The van der Waals surface area contributed by atoms with Crippen LogP contribution in [0.2, 0.25) is 0 Å². The first-order valence-electron chi connectivity index (χ1n) is 10.2. The number of nitriles is 1. The van der Waals surface area contributed by atoms with Gasteiger partial charge in [0.1, 0.15) is 17.0 Å². The van der Waals surface area contributed by atoms with Gasteiger partial charge in [0.2, 0.25) is 10.0 Å². The summed E-state index contributed by atoms with van der Waals surface area (Å²) < 4.78 is 106. The van der Waals surface area contributed by atoms with Crippen molar-refractivity contribution in [3.63, 3.8) is 0 Å². The number of hydrogen-bond donors (Lipinski definition) is 1. The number of halogens is 6. The van der Waals surface area contributed by atoms with Crippen molar-refractivity contribution < 1.29 is 34.8 Å². The Morgan fingerprint density at radius 1 is 1.03 bits per heavy atom. The highest BCUT2D eigenvalue weighted by molar-refractivity contribution is 7.89. The molecule has 1 unspecified atom stereocenters. The van der Waals surface area contributed by atoms with Crippen molar-refractivity contribution in [3.05, 3.63) is 66.2 Å². The fourth-order valence-corrected chi connectivity index (χ4v) is 4.69. The van der Waals surface area contributed by atoms with Crippen LogP contribution < -0.4 is 4.72 Å². The van der Waals surface area contributed by atoms with Gasteiger partial charge in [-0.15, -0.1) is 0 Å². The lowest BCUT2D eigenvalue weighted by Crippen LogP contribution is -2.42. The molecule has 4 rings (SSSR count). The Morgan fingerprint density at radius 2 is 1.76 bits per heavy atom. The van der Waals surface area contributed by atoms with Crippen LogP contribution >= 0.6 is 0 Å². The molecule has 0 aliphatic carbocycles. The van der Waals surface area contributed by atoms with Crippen molar-refractivity contribution in [3.8, 4) is 23.3 Å². The molecule has 15 heteroatoms. The molecule has 0 spiro atoms. The van der Waals surface area contributed by atoms with Gasteiger partial charge >= 0.3 is 12.4 Å². The third-order valence-corrected chi connectivity index (χ3v) is 6.82. The first-order chi connectivity index (χ1) is 17.2. The second-order valence-electron chi connectivity index (χ2n) is 7.73. The molecule has 192 valence electrons. The van der Waals surface area contributed by atoms with Crippen LogP contribution in [0.25, 0.3) is 28.1 Å². The molecule has 3 heterocycles. The standard InChI is InChI=1S/C22H14F6N6O2S/c1-12(21(23,24)25)33-37(35,36)14-3-4-17(32-10-14)20-16(9-29)15-8-13(22(26,27)28)2-5-18(15)34(20)19-11-30-6-7-31-19/h2-8,10-12,33H,1H3. The predicted octanol–water partition coefficient (Wildman–Crippen LogP) is 4.60. The maximum absolute atomic E-state index is 13.4. The molecular weight excluding hydrogens is 526 g/mol. The van der Waals surface area contributed by atoms with Crippen molar-refractivity contribution >= 4 is 20.9 Å². The molecule has 37 heavy (non-hydrogen) atoms. The van der Waals surface area contributed by atoms with Gasteiger partial charge in [0.05, 0.1) is 34.2 Å². The molecular formula is C22H14F6N6O2S. The van der Waals surface area contributed by atoms with Crippen molar-refractivity contribution in [2.45, 2.75) is 30.2 Å². The van der Waals surface area contributed by atoms with E-state index in [4.69, 9.17) is 0 Å². The van der Waals surface area contributed by atoms with Crippen molar-refractivity contribution in [2.75, 3.05) is 0 Å². The molecule has 0 aliphatic rings. The number of benzene rings is 1. The third kappa shape index (κ3) is 4.98. The van der Waals surface area contributed by atoms with E-state index < -0.39 is 38.9 Å². The Bertz CT molecular complexity index is 1610. The van der Waals surface area contributed by atoms with Gasteiger partial charge in [0.15, 0.2) is 5.82 Å². The fraction of sp³-hybridized carbons (Fsp3) is 0.182. The number of sulfonamides is 1. The van der Waals surface area contributed by atoms with Gasteiger partial charge in [0.25, 0.3) is 0 Å². The third-order valence-electron chi connectivity index (χ3n) is 5.30. The predicted molar refractivity (Wildman–Crippen MR) is 118 cm³/mol. The number of aromatic nitrogens is 4. The van der Waals surface area contributed by atoms with Gasteiger partial charge in [0, 0.05) is 24.0 Å². The Morgan fingerprint density at radius 3 is 2.30 bits per heavy atom. The van der Waals surface area contributed by atoms with E-state index in [1.165, 1.54) is 27.9 Å². The molecule has 0 bridgehead atoms. The molecule has 0 saturated heterocycles. The van der Waals surface area contributed by atoms with Crippen LogP contribution in [-0.4, -0.2) is 40.2 Å². The van der Waals surface area contributed by atoms with Crippen LogP contribution in [0.4, 0.5) is 26.3 Å². The van der Waals surface area contributed by atoms with Crippen LogP contribution in [0.15, 0.2) is 60.0 Å². The topological polar surface area (TPSA) is 114 Å². The van der Waals surface area contributed by atoms with Crippen LogP contribution in [0, 0.1) is 11.3 Å². The highest BCUT2D eigenvalue weighted by Gasteiger charge is 2.39. The second kappa shape index (κ2) is 9.12. The van der Waals surface area contributed by atoms with Crippen LogP contribution in [-0.2, 0) is 16.2 Å². The molecule has 3 aromatic heterocycles. The van der Waals surface area contributed by atoms with E-state index in [1.54, 1.807) is 0 Å². The maximum atomic E-state index is 13.4. The van der Waals surface area contributed by atoms with Crippen LogP contribution in [0.5, 0.6) is 0 Å². The van der Waals surface area contributed by atoms with Crippen molar-refractivity contribution in [1.29, 1.82) is 5.26 Å². The van der Waals surface area contributed by atoms with Gasteiger partial charge in [-0.25, -0.2) is 13.4 Å². The minimum atomic E-state index is -4.82. The minimum Gasteiger partial charge on any atom is -0.290 e. The SMILES string of the molecule is CC(NS(=O)(=O)c1ccc(-c2c(C#N)c3cc(C(F)(F)F)ccc3n2-c2cnccn2)nc1)C(F)(F)F. The molecule has 1 N–H and O–H groups in total. The summed E-state index contributed by atoms with van der Waals surface area (Å²) in [7, 11) is -4.62. The van der Waals surface area contributed by atoms with E-state index in [2.05, 4.69) is 15.0 Å². The number of pyridine rings is 1. The zero-order valence-corrected chi connectivity index (χ0v) is 19.3. The largest absolute Gasteiger partial charge is 0.416 e. The van der Waals surface area contributed by atoms with Gasteiger partial charge in [-0.3, -0.25) is 14.5 Å². The lowest BCUT2D eigenvalue weighted by Gasteiger charge is -2.17. The average molecular weight is 540 g/mol. The van der Waals surface area contributed by atoms with E-state index in [0.717, 1.165) is 36.5 Å². The lowest BCUT2D eigenvalue weighted by atomic mass is 10.1. The quantitative estimate of drug-likeness (QED) is 0.370. The van der Waals surface area contributed by atoms with E-state index in [-0.39, 0.29) is 33.7 Å². The lowest BCUT2D eigenvalue weighted by molar-refractivity contribution is -0.147. The van der Waals surface area contributed by atoms with Gasteiger partial charge in [-0.1, -0.05) is 0 Å².